The molecule has 0 saturated carbocycles. The van der Waals surface area contributed by atoms with Gasteiger partial charge in [0.1, 0.15) is 5.76 Å². The number of rotatable bonds is 8. The van der Waals surface area contributed by atoms with Crippen molar-refractivity contribution in [2.24, 2.45) is 5.92 Å². The van der Waals surface area contributed by atoms with Crippen molar-refractivity contribution in [3.05, 3.63) is 23.7 Å². The van der Waals surface area contributed by atoms with Crippen molar-refractivity contribution in [2.75, 3.05) is 20.1 Å². The highest BCUT2D eigenvalue weighted by Gasteiger charge is 2.09. The van der Waals surface area contributed by atoms with Crippen LogP contribution in [0.5, 0.6) is 0 Å². The fourth-order valence-corrected chi connectivity index (χ4v) is 2.00. The van der Waals surface area contributed by atoms with Crippen LogP contribution < -0.4 is 5.32 Å². The van der Waals surface area contributed by atoms with Crippen molar-refractivity contribution in [1.29, 1.82) is 0 Å². The van der Waals surface area contributed by atoms with Crippen LogP contribution in [0.25, 0.3) is 0 Å². The summed E-state index contributed by atoms with van der Waals surface area (Å²) in [5.41, 5.74) is 1.29. The van der Waals surface area contributed by atoms with Crippen LogP contribution >= 0.6 is 0 Å². The summed E-state index contributed by atoms with van der Waals surface area (Å²) in [6, 6.07) is 2.07. The Hall–Kier alpha value is -0.800. The van der Waals surface area contributed by atoms with Gasteiger partial charge in [0.2, 0.25) is 0 Å². The quantitative estimate of drug-likeness (QED) is 0.706. The SMILES string of the molecule is CCCNCc1ccoc1CN(C)CC(C)C. The van der Waals surface area contributed by atoms with Crippen LogP contribution in [-0.4, -0.2) is 25.0 Å². The highest BCUT2D eigenvalue weighted by molar-refractivity contribution is 5.16. The van der Waals surface area contributed by atoms with Crippen molar-refractivity contribution >= 4 is 0 Å². The molecule has 0 saturated heterocycles. The van der Waals surface area contributed by atoms with Crippen LogP contribution in [0.2, 0.25) is 0 Å². The summed E-state index contributed by atoms with van der Waals surface area (Å²) in [6.07, 6.45) is 2.96. The number of hydrogen-bond acceptors (Lipinski definition) is 3. The third-order valence-electron chi connectivity index (χ3n) is 2.67. The predicted octanol–water partition coefficient (Wildman–Crippen LogP) is 2.87. The Bertz CT molecular complexity index is 307. The molecular weight excluding hydrogens is 212 g/mol. The van der Waals surface area contributed by atoms with E-state index in [1.807, 2.05) is 0 Å². The lowest BCUT2D eigenvalue weighted by molar-refractivity contribution is 0.263. The van der Waals surface area contributed by atoms with Crippen LogP contribution in [0.15, 0.2) is 16.7 Å². The second-order valence-corrected chi connectivity index (χ2v) is 5.14. The normalized spacial score (nSPS) is 11.6. The molecule has 0 aromatic carbocycles. The molecule has 1 N–H and O–H groups in total. The fraction of sp³-hybridized carbons (Fsp3) is 0.714. The Labute approximate surface area is 105 Å². The van der Waals surface area contributed by atoms with Gasteiger partial charge in [0.05, 0.1) is 12.8 Å². The van der Waals surface area contributed by atoms with Crippen LogP contribution in [0.4, 0.5) is 0 Å². The fourth-order valence-electron chi connectivity index (χ4n) is 2.00. The van der Waals surface area contributed by atoms with Gasteiger partial charge < -0.3 is 9.73 Å². The van der Waals surface area contributed by atoms with Gasteiger partial charge in [-0.25, -0.2) is 0 Å². The molecule has 1 aromatic heterocycles. The molecular formula is C14H26N2O. The summed E-state index contributed by atoms with van der Waals surface area (Å²) in [5.74, 6) is 1.79. The highest BCUT2D eigenvalue weighted by atomic mass is 16.3. The molecule has 3 nitrogen and oxygen atoms in total. The lowest BCUT2D eigenvalue weighted by atomic mass is 10.2. The minimum atomic E-state index is 0.691. The maximum absolute atomic E-state index is 5.57. The van der Waals surface area contributed by atoms with Crippen molar-refractivity contribution in [1.82, 2.24) is 10.2 Å². The summed E-state index contributed by atoms with van der Waals surface area (Å²) in [7, 11) is 2.14. The molecule has 0 amide bonds. The van der Waals surface area contributed by atoms with Gasteiger partial charge in [-0.3, -0.25) is 4.90 Å². The van der Waals surface area contributed by atoms with Gasteiger partial charge >= 0.3 is 0 Å². The van der Waals surface area contributed by atoms with E-state index in [4.69, 9.17) is 4.42 Å². The van der Waals surface area contributed by atoms with E-state index in [1.165, 1.54) is 12.0 Å². The van der Waals surface area contributed by atoms with Gasteiger partial charge in [-0.05, 0) is 32.0 Å². The van der Waals surface area contributed by atoms with Crippen molar-refractivity contribution in [3.63, 3.8) is 0 Å². The average molecular weight is 238 g/mol. The van der Waals surface area contributed by atoms with E-state index in [9.17, 15) is 0 Å². The second kappa shape index (κ2) is 7.51. The first-order valence-corrected chi connectivity index (χ1v) is 6.58. The van der Waals surface area contributed by atoms with E-state index in [2.05, 4.69) is 44.1 Å². The van der Waals surface area contributed by atoms with Crippen molar-refractivity contribution in [3.8, 4) is 0 Å². The van der Waals surface area contributed by atoms with Gasteiger partial charge in [-0.2, -0.15) is 0 Å². The molecule has 17 heavy (non-hydrogen) atoms. The molecule has 0 aliphatic carbocycles. The zero-order chi connectivity index (χ0) is 12.7. The molecule has 1 aromatic rings. The molecule has 0 fully saturated rings. The van der Waals surface area contributed by atoms with E-state index in [-0.39, 0.29) is 0 Å². The van der Waals surface area contributed by atoms with E-state index >= 15 is 0 Å². The lowest BCUT2D eigenvalue weighted by Crippen LogP contribution is -2.23. The minimum Gasteiger partial charge on any atom is -0.468 e. The molecule has 98 valence electrons. The zero-order valence-electron chi connectivity index (χ0n) is 11.6. The first kappa shape index (κ1) is 14.3. The van der Waals surface area contributed by atoms with Crippen LogP contribution in [0.1, 0.15) is 38.5 Å². The lowest BCUT2D eigenvalue weighted by Gasteiger charge is -2.18. The Balaban J connectivity index is 2.44. The summed E-state index contributed by atoms with van der Waals surface area (Å²) in [5, 5.41) is 3.41. The van der Waals surface area contributed by atoms with Crippen LogP contribution in [-0.2, 0) is 13.1 Å². The molecule has 0 radical (unpaired) electrons. The third kappa shape index (κ3) is 5.37. The standard InChI is InChI=1S/C14H26N2O/c1-5-7-15-9-13-6-8-17-14(13)11-16(4)10-12(2)3/h6,8,12,15H,5,7,9-11H2,1-4H3. The predicted molar refractivity (Wildman–Crippen MR) is 71.9 cm³/mol. The summed E-state index contributed by atoms with van der Waals surface area (Å²) in [4.78, 5) is 2.31. The average Bonchev–Trinajstić information content (AvgIpc) is 2.65. The summed E-state index contributed by atoms with van der Waals surface area (Å²) in [6.45, 7) is 10.6. The second-order valence-electron chi connectivity index (χ2n) is 5.14. The number of nitrogens with one attached hydrogen (secondary N) is 1. The molecule has 0 spiro atoms. The third-order valence-corrected chi connectivity index (χ3v) is 2.67. The molecule has 0 aliphatic rings. The Morgan fingerprint density at radius 2 is 2.18 bits per heavy atom. The minimum absolute atomic E-state index is 0.691. The van der Waals surface area contributed by atoms with Gasteiger partial charge in [0, 0.05) is 18.7 Å². The largest absolute Gasteiger partial charge is 0.468 e. The molecule has 0 aliphatic heterocycles. The van der Waals surface area contributed by atoms with Crippen molar-refractivity contribution < 1.29 is 4.42 Å². The summed E-state index contributed by atoms with van der Waals surface area (Å²) >= 11 is 0. The Morgan fingerprint density at radius 1 is 1.41 bits per heavy atom. The summed E-state index contributed by atoms with van der Waals surface area (Å²) < 4.78 is 5.57. The number of hydrogen-bond donors (Lipinski definition) is 1. The van der Waals surface area contributed by atoms with Gasteiger partial charge in [0.25, 0.3) is 0 Å². The number of furan rings is 1. The number of nitrogens with zero attached hydrogens (tertiary/aromatic N) is 1. The first-order valence-electron chi connectivity index (χ1n) is 6.58. The molecule has 1 heterocycles. The molecule has 3 heteroatoms. The van der Waals surface area contributed by atoms with Crippen LogP contribution in [0, 0.1) is 5.92 Å². The molecule has 0 bridgehead atoms. The van der Waals surface area contributed by atoms with E-state index in [0.29, 0.717) is 5.92 Å². The van der Waals surface area contributed by atoms with Gasteiger partial charge in [-0.15, -0.1) is 0 Å². The zero-order valence-corrected chi connectivity index (χ0v) is 11.6. The first-order chi connectivity index (χ1) is 8.13. The van der Waals surface area contributed by atoms with E-state index < -0.39 is 0 Å². The van der Waals surface area contributed by atoms with Gasteiger partial charge in [0.15, 0.2) is 0 Å². The monoisotopic (exact) mass is 238 g/mol. The Kier molecular flexibility index (Phi) is 6.30. The maximum atomic E-state index is 5.57. The topological polar surface area (TPSA) is 28.4 Å². The van der Waals surface area contributed by atoms with Crippen molar-refractivity contribution in [2.45, 2.75) is 40.3 Å². The smallest absolute Gasteiger partial charge is 0.122 e. The van der Waals surface area contributed by atoms with Crippen LogP contribution in [0.3, 0.4) is 0 Å². The van der Waals surface area contributed by atoms with Gasteiger partial charge in [-0.1, -0.05) is 20.8 Å². The maximum Gasteiger partial charge on any atom is 0.122 e. The molecule has 1 rings (SSSR count). The molecule has 0 unspecified atom stereocenters. The highest BCUT2D eigenvalue weighted by Crippen LogP contribution is 2.13. The Morgan fingerprint density at radius 3 is 2.82 bits per heavy atom. The molecule has 0 atom stereocenters. The van der Waals surface area contributed by atoms with E-state index in [0.717, 1.165) is 31.9 Å². The van der Waals surface area contributed by atoms with E-state index in [1.54, 1.807) is 6.26 Å².